The van der Waals surface area contributed by atoms with Crippen LogP contribution in [0.1, 0.15) is 58.5 Å². The zero-order valence-electron chi connectivity index (χ0n) is 13.9. The topological polar surface area (TPSA) is 32.6 Å². The summed E-state index contributed by atoms with van der Waals surface area (Å²) in [4.78, 5) is 0. The molecule has 2 heterocycles. The van der Waals surface area contributed by atoms with Gasteiger partial charge in [-0.1, -0.05) is 41.5 Å². The van der Waals surface area contributed by atoms with Crippen molar-refractivity contribution in [2.45, 2.75) is 59.3 Å². The van der Waals surface area contributed by atoms with Gasteiger partial charge in [-0.05, 0) is 48.2 Å². The summed E-state index contributed by atoms with van der Waals surface area (Å²) in [5.74, 6) is 0. The van der Waals surface area contributed by atoms with Crippen molar-refractivity contribution in [3.63, 3.8) is 0 Å². The Morgan fingerprint density at radius 2 is 1.52 bits per heavy atom. The average molecular weight is 323 g/mol. The van der Waals surface area contributed by atoms with E-state index in [1.165, 1.54) is 28.3 Å². The minimum atomic E-state index is 0.0271. The van der Waals surface area contributed by atoms with E-state index in [0.717, 1.165) is 5.13 Å². The molecule has 0 saturated heterocycles. The van der Waals surface area contributed by atoms with Gasteiger partial charge in [0.05, 0.1) is 5.10 Å². The van der Waals surface area contributed by atoms with Gasteiger partial charge in [-0.2, -0.15) is 9.67 Å². The van der Waals surface area contributed by atoms with Crippen LogP contribution >= 0.6 is 23.6 Å². The fourth-order valence-electron chi connectivity index (χ4n) is 2.36. The zero-order chi connectivity index (χ0) is 16.0. The van der Waals surface area contributed by atoms with Crippen LogP contribution in [0.4, 0.5) is 0 Å². The summed E-state index contributed by atoms with van der Waals surface area (Å²) < 4.78 is 2.97. The van der Waals surface area contributed by atoms with Crippen molar-refractivity contribution in [1.82, 2.24) is 10.2 Å². The summed E-state index contributed by atoms with van der Waals surface area (Å²) in [7, 11) is 0. The highest BCUT2D eigenvalue weighted by Gasteiger charge is 2.33. The molecule has 2 rings (SSSR count). The Morgan fingerprint density at radius 1 is 1.05 bits per heavy atom. The molecule has 21 heavy (non-hydrogen) atoms. The standard InChI is InChI=1S/C16H23N3S2/c1-10-8-11(15(2,3)4)19(12(9-10)16(5,6)7)13-17-18-14(20)21-13/h8-9H,1-7H3/p+1. The maximum absolute atomic E-state index is 5.22. The largest absolute Gasteiger partial charge is 0.413 e. The first-order valence-corrected chi connectivity index (χ1v) is 8.36. The highest BCUT2D eigenvalue weighted by Crippen LogP contribution is 2.27. The maximum atomic E-state index is 5.22. The van der Waals surface area contributed by atoms with E-state index in [2.05, 4.69) is 75.4 Å². The fourth-order valence-corrected chi connectivity index (χ4v) is 3.27. The monoisotopic (exact) mass is 322 g/mol. The van der Waals surface area contributed by atoms with E-state index in [4.69, 9.17) is 12.2 Å². The number of nitrogens with zero attached hydrogens (tertiary/aromatic N) is 2. The molecule has 0 fully saturated rings. The Labute approximate surface area is 136 Å². The van der Waals surface area contributed by atoms with Crippen LogP contribution in [0.2, 0.25) is 0 Å². The highest BCUT2D eigenvalue weighted by atomic mass is 32.1. The summed E-state index contributed by atoms with van der Waals surface area (Å²) in [6.07, 6.45) is 0. The van der Waals surface area contributed by atoms with Gasteiger partial charge in [-0.25, -0.2) is 0 Å². The summed E-state index contributed by atoms with van der Waals surface area (Å²) in [6.45, 7) is 15.6. The summed E-state index contributed by atoms with van der Waals surface area (Å²) in [5.41, 5.74) is 3.84. The van der Waals surface area contributed by atoms with Gasteiger partial charge in [-0.3, -0.25) is 0 Å². The third kappa shape index (κ3) is 3.40. The summed E-state index contributed by atoms with van der Waals surface area (Å²) in [6, 6.07) is 4.50. The van der Waals surface area contributed by atoms with E-state index in [1.54, 1.807) is 0 Å². The Kier molecular flexibility index (Phi) is 4.10. The Bertz CT molecular complexity index is 677. The predicted octanol–water partition coefficient (Wildman–Crippen LogP) is 4.38. The van der Waals surface area contributed by atoms with Gasteiger partial charge >= 0.3 is 5.13 Å². The third-order valence-corrected chi connectivity index (χ3v) is 4.44. The lowest BCUT2D eigenvalue weighted by molar-refractivity contribution is -0.620. The highest BCUT2D eigenvalue weighted by molar-refractivity contribution is 7.73. The Hall–Kier alpha value is -1.07. The number of nitrogens with one attached hydrogen (secondary N) is 1. The Balaban J connectivity index is 2.89. The molecule has 0 spiro atoms. The Morgan fingerprint density at radius 3 is 1.86 bits per heavy atom. The number of aromatic amines is 1. The molecule has 0 aliphatic carbocycles. The number of pyridine rings is 1. The van der Waals surface area contributed by atoms with Crippen LogP contribution < -0.4 is 4.57 Å². The number of hydrogen-bond acceptors (Lipinski definition) is 3. The van der Waals surface area contributed by atoms with Crippen LogP contribution in [0, 0.1) is 10.9 Å². The lowest BCUT2D eigenvalue weighted by Gasteiger charge is -2.26. The minimum Gasteiger partial charge on any atom is -0.185 e. The average Bonchev–Trinajstić information content (AvgIpc) is 2.72. The second kappa shape index (κ2) is 5.29. The van der Waals surface area contributed by atoms with Gasteiger partial charge in [0, 0.05) is 10.8 Å². The molecule has 0 amide bonds. The van der Waals surface area contributed by atoms with Crippen LogP contribution in [0.15, 0.2) is 12.1 Å². The van der Waals surface area contributed by atoms with Crippen LogP contribution in [-0.4, -0.2) is 10.2 Å². The predicted molar refractivity (Wildman–Crippen MR) is 91.0 cm³/mol. The van der Waals surface area contributed by atoms with Gasteiger partial charge in [0.2, 0.25) is 3.95 Å². The first kappa shape index (κ1) is 16.3. The molecule has 0 unspecified atom stereocenters. The molecule has 5 heteroatoms. The molecule has 114 valence electrons. The molecule has 0 aliphatic rings. The van der Waals surface area contributed by atoms with Gasteiger partial charge in [0.1, 0.15) is 11.4 Å². The molecule has 2 aromatic rings. The molecule has 0 bridgehead atoms. The molecule has 3 nitrogen and oxygen atoms in total. The summed E-state index contributed by atoms with van der Waals surface area (Å²) >= 11 is 6.74. The number of aryl methyl sites for hydroxylation is 1. The normalized spacial score (nSPS) is 12.7. The zero-order valence-corrected chi connectivity index (χ0v) is 15.5. The van der Waals surface area contributed by atoms with E-state index in [0.29, 0.717) is 3.95 Å². The van der Waals surface area contributed by atoms with Crippen molar-refractivity contribution in [2.75, 3.05) is 0 Å². The van der Waals surface area contributed by atoms with Crippen molar-refractivity contribution in [3.8, 4) is 5.13 Å². The van der Waals surface area contributed by atoms with Crippen molar-refractivity contribution >= 4 is 23.6 Å². The summed E-state index contributed by atoms with van der Waals surface area (Å²) in [5, 5.41) is 8.23. The molecule has 0 aromatic carbocycles. The maximum Gasteiger partial charge on any atom is 0.413 e. The van der Waals surface area contributed by atoms with E-state index in [9.17, 15) is 0 Å². The van der Waals surface area contributed by atoms with E-state index in [1.807, 2.05) is 0 Å². The van der Waals surface area contributed by atoms with Crippen molar-refractivity contribution in [3.05, 3.63) is 33.0 Å². The van der Waals surface area contributed by atoms with Crippen LogP contribution in [0.5, 0.6) is 0 Å². The van der Waals surface area contributed by atoms with Gasteiger partial charge < -0.3 is 0 Å². The first-order chi connectivity index (χ1) is 9.50. The van der Waals surface area contributed by atoms with Gasteiger partial charge in [-0.15, -0.1) is 0 Å². The first-order valence-electron chi connectivity index (χ1n) is 7.14. The second-order valence-electron chi connectivity index (χ2n) is 7.53. The van der Waals surface area contributed by atoms with Crippen LogP contribution in [0.3, 0.4) is 0 Å². The van der Waals surface area contributed by atoms with E-state index >= 15 is 0 Å². The minimum absolute atomic E-state index is 0.0271. The van der Waals surface area contributed by atoms with Crippen molar-refractivity contribution < 1.29 is 4.57 Å². The van der Waals surface area contributed by atoms with Gasteiger partial charge in [0.25, 0.3) is 0 Å². The lowest BCUT2D eigenvalue weighted by atomic mass is 9.86. The number of hydrogen-bond donors (Lipinski definition) is 1. The SMILES string of the molecule is Cc1cc(C(C)(C)C)[n+](-c2n[nH]c(=S)s2)c(C(C)(C)C)c1. The molecule has 0 aliphatic heterocycles. The molecule has 0 atom stereocenters. The molecular weight excluding hydrogens is 298 g/mol. The van der Waals surface area contributed by atoms with Gasteiger partial charge in [0.15, 0.2) is 0 Å². The van der Waals surface area contributed by atoms with Crippen molar-refractivity contribution in [1.29, 1.82) is 0 Å². The van der Waals surface area contributed by atoms with Crippen molar-refractivity contribution in [2.24, 2.45) is 0 Å². The number of H-pyrrole nitrogens is 1. The smallest absolute Gasteiger partial charge is 0.185 e. The van der Waals surface area contributed by atoms with Crippen LogP contribution in [0.25, 0.3) is 5.13 Å². The molecular formula is C16H24N3S2+. The second-order valence-corrected chi connectivity index (χ2v) is 9.18. The quantitative estimate of drug-likeness (QED) is 0.624. The fraction of sp³-hybridized carbons (Fsp3) is 0.562. The van der Waals surface area contributed by atoms with E-state index < -0.39 is 0 Å². The number of aromatic nitrogens is 3. The van der Waals surface area contributed by atoms with Crippen LogP contribution in [-0.2, 0) is 10.8 Å². The molecule has 0 saturated carbocycles. The number of rotatable bonds is 1. The third-order valence-electron chi connectivity index (χ3n) is 3.37. The lowest BCUT2D eigenvalue weighted by Crippen LogP contribution is -2.48. The van der Waals surface area contributed by atoms with E-state index in [-0.39, 0.29) is 10.8 Å². The molecule has 2 aromatic heterocycles. The molecule has 0 radical (unpaired) electrons. The molecule has 1 N–H and O–H groups in total.